The molecule has 2 aliphatic rings. The van der Waals surface area contributed by atoms with Gasteiger partial charge in [-0.25, -0.2) is 9.59 Å². The van der Waals surface area contributed by atoms with Gasteiger partial charge < -0.3 is 38.9 Å². The highest BCUT2D eigenvalue weighted by atomic mass is 32.2. The van der Waals surface area contributed by atoms with Crippen LogP contribution in [0.5, 0.6) is 0 Å². The molecule has 2 heterocycles. The fourth-order valence-corrected chi connectivity index (χ4v) is 7.01. The Morgan fingerprint density at radius 1 is 0.660 bits per heavy atom. The van der Waals surface area contributed by atoms with Crippen molar-refractivity contribution in [3.8, 4) is 0 Å². The van der Waals surface area contributed by atoms with Crippen molar-refractivity contribution in [2.24, 2.45) is 5.73 Å². The van der Waals surface area contributed by atoms with Crippen LogP contribution in [0.25, 0.3) is 0 Å². The van der Waals surface area contributed by atoms with Gasteiger partial charge in [0.25, 0.3) is 0 Å². The second-order valence-corrected chi connectivity index (χ2v) is 12.8. The molecule has 4 rings (SSSR count). The standard InChI is InChI=1S/C31H34N2O12S2/c1-16(34)41-21-14-39-29(25(43-18(3)36)23(21)42-17(2)35)46-22-15-40-30(47-31(32)33)26(45-28(38)20-12-8-5-9-13-20)24(22)44-27(37)19-10-6-4-7-11-19/h4-13,21-26,29-30H,14-15H2,1-3H3,(H3,32,33)/t21-,22-,23+,24+,25-,26-,29+,30+/m1/s1. The Morgan fingerprint density at radius 2 is 1.13 bits per heavy atom. The van der Waals surface area contributed by atoms with E-state index in [-0.39, 0.29) is 29.5 Å². The summed E-state index contributed by atoms with van der Waals surface area (Å²) in [6.07, 6.45) is -6.12. The Balaban J connectivity index is 1.70. The molecule has 47 heavy (non-hydrogen) atoms. The highest BCUT2D eigenvalue weighted by Crippen LogP contribution is 2.40. The molecule has 2 saturated heterocycles. The van der Waals surface area contributed by atoms with Crippen molar-refractivity contribution in [3.05, 3.63) is 71.8 Å². The molecule has 252 valence electrons. The van der Waals surface area contributed by atoms with Gasteiger partial charge >= 0.3 is 29.8 Å². The SMILES string of the molecule is CC(=O)O[C@@H]1[C@@H](OC(C)=O)[C@H](S[C@@H]2CO[C@@H](SC(=N)N)[C@H](OC(=O)c3ccccc3)[C@H]2OC(=O)c2ccccc2)OC[C@H]1OC(C)=O. The van der Waals surface area contributed by atoms with Gasteiger partial charge in [0, 0.05) is 20.8 Å². The molecule has 0 radical (unpaired) electrons. The van der Waals surface area contributed by atoms with Crippen molar-refractivity contribution in [3.63, 3.8) is 0 Å². The molecule has 0 spiro atoms. The number of carbonyl (C=O) groups excluding carboxylic acids is 5. The summed E-state index contributed by atoms with van der Waals surface area (Å²) >= 11 is 1.79. The van der Waals surface area contributed by atoms with Crippen molar-refractivity contribution in [1.82, 2.24) is 0 Å². The lowest BCUT2D eigenvalue weighted by Gasteiger charge is -2.44. The first kappa shape index (κ1) is 35.7. The average molecular weight is 691 g/mol. The molecular formula is C31H34N2O12S2. The van der Waals surface area contributed by atoms with Crippen LogP contribution in [0.1, 0.15) is 41.5 Å². The number of nitrogens with one attached hydrogen (secondary N) is 1. The normalized spacial score (nSPS) is 27.0. The Morgan fingerprint density at radius 3 is 1.64 bits per heavy atom. The monoisotopic (exact) mass is 690 g/mol. The first-order valence-corrected chi connectivity index (χ1v) is 16.2. The van der Waals surface area contributed by atoms with E-state index in [1.165, 1.54) is 6.92 Å². The van der Waals surface area contributed by atoms with Gasteiger partial charge in [0.15, 0.2) is 41.1 Å². The Bertz CT molecular complexity index is 1450. The number of ether oxygens (including phenoxy) is 7. The predicted octanol–water partition coefficient (Wildman–Crippen LogP) is 2.67. The van der Waals surface area contributed by atoms with Crippen LogP contribution < -0.4 is 5.73 Å². The smallest absolute Gasteiger partial charge is 0.338 e. The molecule has 0 aliphatic carbocycles. The maximum atomic E-state index is 13.4. The molecule has 16 heteroatoms. The molecule has 0 amide bonds. The van der Waals surface area contributed by atoms with Crippen LogP contribution in [0.15, 0.2) is 60.7 Å². The Hall–Kier alpha value is -4.12. The molecule has 0 unspecified atom stereocenters. The topological polar surface area (TPSA) is 200 Å². The van der Waals surface area contributed by atoms with Crippen molar-refractivity contribution in [2.45, 2.75) is 67.4 Å². The van der Waals surface area contributed by atoms with Crippen LogP contribution in [0.4, 0.5) is 0 Å². The van der Waals surface area contributed by atoms with Crippen LogP contribution >= 0.6 is 23.5 Å². The molecule has 0 saturated carbocycles. The first-order chi connectivity index (χ1) is 22.4. The average Bonchev–Trinajstić information content (AvgIpc) is 3.02. The van der Waals surface area contributed by atoms with E-state index in [1.807, 2.05) is 0 Å². The zero-order chi connectivity index (χ0) is 34.1. The molecule has 2 fully saturated rings. The van der Waals surface area contributed by atoms with Gasteiger partial charge in [-0.05, 0) is 24.3 Å². The number of amidine groups is 1. The summed E-state index contributed by atoms with van der Waals surface area (Å²) < 4.78 is 40.2. The number of benzene rings is 2. The largest absolute Gasteiger partial charge is 0.456 e. The van der Waals surface area contributed by atoms with E-state index >= 15 is 0 Å². The molecular weight excluding hydrogens is 656 g/mol. The Kier molecular flexibility index (Phi) is 12.6. The summed E-state index contributed by atoms with van der Waals surface area (Å²) in [5, 5.41) is 6.69. The van der Waals surface area contributed by atoms with Crippen LogP contribution in [-0.2, 0) is 47.5 Å². The predicted molar refractivity (Wildman–Crippen MR) is 168 cm³/mol. The van der Waals surface area contributed by atoms with Gasteiger partial charge in [-0.3, -0.25) is 19.8 Å². The highest BCUT2D eigenvalue weighted by Gasteiger charge is 2.52. The lowest BCUT2D eigenvalue weighted by molar-refractivity contribution is -0.213. The van der Waals surface area contributed by atoms with E-state index in [2.05, 4.69) is 0 Å². The van der Waals surface area contributed by atoms with Crippen molar-refractivity contribution in [2.75, 3.05) is 13.2 Å². The second-order valence-electron chi connectivity index (χ2n) is 10.3. The second kappa shape index (κ2) is 16.6. The summed E-state index contributed by atoms with van der Waals surface area (Å²) in [5.41, 5.74) is 4.00. The third-order valence-electron chi connectivity index (χ3n) is 6.75. The lowest BCUT2D eigenvalue weighted by Crippen LogP contribution is -2.59. The summed E-state index contributed by atoms with van der Waals surface area (Å²) in [6.45, 7) is 3.12. The number of carbonyl (C=O) groups is 5. The van der Waals surface area contributed by atoms with Gasteiger partial charge in [-0.2, -0.15) is 0 Å². The number of rotatable bonds is 10. The minimum absolute atomic E-state index is 0.125. The molecule has 2 aliphatic heterocycles. The molecule has 3 N–H and O–H groups in total. The van der Waals surface area contributed by atoms with E-state index in [1.54, 1.807) is 60.7 Å². The van der Waals surface area contributed by atoms with Gasteiger partial charge in [0.05, 0.1) is 29.6 Å². The number of esters is 5. The summed E-state index contributed by atoms with van der Waals surface area (Å²) in [7, 11) is 0. The van der Waals surface area contributed by atoms with Gasteiger partial charge in [-0.15, -0.1) is 11.8 Å². The molecule has 0 aromatic heterocycles. The molecule has 0 bridgehead atoms. The summed E-state index contributed by atoms with van der Waals surface area (Å²) in [5.74, 6) is -3.60. The minimum Gasteiger partial charge on any atom is -0.456 e. The lowest BCUT2D eigenvalue weighted by atomic mass is 10.1. The molecule has 2 aromatic carbocycles. The van der Waals surface area contributed by atoms with E-state index in [9.17, 15) is 24.0 Å². The van der Waals surface area contributed by atoms with Crippen molar-refractivity contribution >= 4 is 58.5 Å². The third-order valence-corrected chi connectivity index (χ3v) is 9.06. The van der Waals surface area contributed by atoms with Crippen LogP contribution in [0.2, 0.25) is 0 Å². The van der Waals surface area contributed by atoms with E-state index in [0.29, 0.717) is 0 Å². The third kappa shape index (κ3) is 9.93. The van der Waals surface area contributed by atoms with E-state index in [0.717, 1.165) is 37.4 Å². The zero-order valence-electron chi connectivity index (χ0n) is 25.6. The zero-order valence-corrected chi connectivity index (χ0v) is 27.2. The summed E-state index contributed by atoms with van der Waals surface area (Å²) in [6, 6.07) is 16.3. The Labute approximate surface area is 278 Å². The van der Waals surface area contributed by atoms with Crippen molar-refractivity contribution < 1.29 is 57.1 Å². The van der Waals surface area contributed by atoms with Gasteiger partial charge in [0.1, 0.15) is 5.44 Å². The minimum atomic E-state index is -1.29. The fourth-order valence-electron chi connectivity index (χ4n) is 4.88. The maximum absolute atomic E-state index is 13.4. The fraction of sp³-hybridized carbons (Fsp3) is 0.419. The van der Waals surface area contributed by atoms with Crippen LogP contribution in [0.3, 0.4) is 0 Å². The van der Waals surface area contributed by atoms with Gasteiger partial charge in [0.2, 0.25) is 0 Å². The number of thioether (sulfide) groups is 2. The quantitative estimate of drug-likeness (QED) is 0.159. The number of hydrogen-bond donors (Lipinski definition) is 2. The number of nitrogens with two attached hydrogens (primary N) is 1. The summed E-state index contributed by atoms with van der Waals surface area (Å²) in [4.78, 5) is 62.8. The molecule has 8 atom stereocenters. The van der Waals surface area contributed by atoms with Gasteiger partial charge in [-0.1, -0.05) is 48.2 Å². The number of hydrogen-bond acceptors (Lipinski definition) is 15. The molecule has 14 nitrogen and oxygen atoms in total. The van der Waals surface area contributed by atoms with Crippen LogP contribution in [-0.4, -0.2) is 94.9 Å². The molecule has 2 aromatic rings. The maximum Gasteiger partial charge on any atom is 0.338 e. The van der Waals surface area contributed by atoms with Crippen LogP contribution in [0, 0.1) is 5.41 Å². The van der Waals surface area contributed by atoms with E-state index < -0.39 is 76.5 Å². The van der Waals surface area contributed by atoms with E-state index in [4.69, 9.17) is 44.3 Å². The first-order valence-electron chi connectivity index (χ1n) is 14.4. The van der Waals surface area contributed by atoms with Crippen molar-refractivity contribution in [1.29, 1.82) is 5.41 Å². The highest BCUT2D eigenvalue weighted by molar-refractivity contribution is 8.14.